The predicted octanol–water partition coefficient (Wildman–Crippen LogP) is -0.686. The Kier molecular flexibility index (Phi) is 3.29. The summed E-state index contributed by atoms with van der Waals surface area (Å²) in [5.41, 5.74) is 0. The minimum absolute atomic E-state index is 1.06. The molecule has 7 heavy (non-hydrogen) atoms. The molecule has 0 amide bonds. The number of hydrogen-bond acceptors (Lipinski definition) is 4. The number of rotatable bonds is 2. The SMILES string of the molecule is COS(=O)[P+](=O)[O-]. The molecule has 0 aliphatic carbocycles. The molecule has 0 aromatic carbocycles. The highest BCUT2D eigenvalue weighted by atomic mass is 32.7. The van der Waals surface area contributed by atoms with Crippen molar-refractivity contribution in [3.05, 3.63) is 0 Å². The molecule has 2 unspecified atom stereocenters. The Balaban J connectivity index is 3.58. The van der Waals surface area contributed by atoms with Gasteiger partial charge in [0.1, 0.15) is 0 Å². The van der Waals surface area contributed by atoms with Crippen LogP contribution in [-0.4, -0.2) is 11.3 Å². The molecule has 42 valence electrons. The second-order valence-corrected chi connectivity index (χ2v) is 3.61. The molecule has 0 saturated heterocycles. The van der Waals surface area contributed by atoms with E-state index in [2.05, 4.69) is 4.18 Å². The van der Waals surface area contributed by atoms with Gasteiger partial charge in [0.25, 0.3) is 0 Å². The van der Waals surface area contributed by atoms with Crippen LogP contribution in [0.2, 0.25) is 0 Å². The quantitative estimate of drug-likeness (QED) is 0.479. The van der Waals surface area contributed by atoms with Crippen LogP contribution in [0.15, 0.2) is 0 Å². The fraction of sp³-hybridized carbons (Fsp3) is 1.00. The highest BCUT2D eigenvalue weighted by Gasteiger charge is 2.11. The molecule has 2 atom stereocenters. The Morgan fingerprint density at radius 1 is 1.86 bits per heavy atom. The van der Waals surface area contributed by atoms with Crippen molar-refractivity contribution in [2.75, 3.05) is 7.11 Å². The molecular weight excluding hydrogens is 139 g/mol. The van der Waals surface area contributed by atoms with Crippen molar-refractivity contribution in [2.45, 2.75) is 0 Å². The van der Waals surface area contributed by atoms with Gasteiger partial charge in [0, 0.05) is 0 Å². The zero-order chi connectivity index (χ0) is 5.86. The van der Waals surface area contributed by atoms with Gasteiger partial charge in [-0.2, -0.15) is 4.21 Å². The van der Waals surface area contributed by atoms with Crippen LogP contribution in [0.3, 0.4) is 0 Å². The van der Waals surface area contributed by atoms with E-state index < -0.39 is 17.9 Å². The van der Waals surface area contributed by atoms with Crippen LogP contribution in [0.4, 0.5) is 0 Å². The van der Waals surface area contributed by atoms with E-state index in [0.717, 1.165) is 7.11 Å². The third-order valence-electron chi connectivity index (χ3n) is 0.264. The Morgan fingerprint density at radius 2 is 2.29 bits per heavy atom. The first-order chi connectivity index (χ1) is 3.18. The summed E-state index contributed by atoms with van der Waals surface area (Å²) in [6.45, 7) is 0. The molecule has 6 heteroatoms. The van der Waals surface area contributed by atoms with Crippen LogP contribution in [0, 0.1) is 0 Å². The molecule has 4 nitrogen and oxygen atoms in total. The standard InChI is InChI=1S/CH3O4PS/c1-5-7(4)6(2)3/h1H3. The lowest BCUT2D eigenvalue weighted by atomic mass is 11.8. The second-order valence-electron chi connectivity index (χ2n) is 0.607. The first kappa shape index (κ1) is 7.17. The molecule has 0 aromatic heterocycles. The minimum atomic E-state index is -2.91. The van der Waals surface area contributed by atoms with E-state index in [1.807, 2.05) is 0 Å². The van der Waals surface area contributed by atoms with Crippen molar-refractivity contribution in [1.82, 2.24) is 0 Å². The van der Waals surface area contributed by atoms with Gasteiger partial charge in [-0.1, -0.05) is 4.57 Å². The maximum atomic E-state index is 9.80. The van der Waals surface area contributed by atoms with E-state index in [1.54, 1.807) is 0 Å². The maximum Gasteiger partial charge on any atom is 0.445 e. The molecule has 0 aliphatic heterocycles. The van der Waals surface area contributed by atoms with Crippen molar-refractivity contribution in [1.29, 1.82) is 0 Å². The zero-order valence-corrected chi connectivity index (χ0v) is 5.20. The molecule has 0 saturated carbocycles. The van der Waals surface area contributed by atoms with Gasteiger partial charge in [-0.3, -0.25) is 4.18 Å². The smallest absolute Gasteiger partial charge is 0.445 e. The normalized spacial score (nSPS) is 16.0. The van der Waals surface area contributed by atoms with Crippen LogP contribution in [0.1, 0.15) is 0 Å². The molecule has 0 radical (unpaired) electrons. The maximum absolute atomic E-state index is 9.80. The van der Waals surface area contributed by atoms with Crippen molar-refractivity contribution in [3.8, 4) is 0 Å². The average Bonchev–Trinajstić information content (AvgIpc) is 1.65. The fourth-order valence-electron chi connectivity index (χ4n) is 0.0609. The van der Waals surface area contributed by atoms with E-state index in [4.69, 9.17) is 0 Å². The summed E-state index contributed by atoms with van der Waals surface area (Å²) >= 11 is 0. The molecule has 0 bridgehead atoms. The summed E-state index contributed by atoms with van der Waals surface area (Å²) in [5.74, 6) is 0. The van der Waals surface area contributed by atoms with Crippen LogP contribution < -0.4 is 4.89 Å². The van der Waals surface area contributed by atoms with Crippen molar-refractivity contribution in [2.24, 2.45) is 0 Å². The van der Waals surface area contributed by atoms with E-state index in [9.17, 15) is 13.7 Å². The van der Waals surface area contributed by atoms with Gasteiger partial charge < -0.3 is 4.89 Å². The Hall–Kier alpha value is 0.170. The topological polar surface area (TPSA) is 66.4 Å². The van der Waals surface area contributed by atoms with Gasteiger partial charge >= 0.3 is 17.9 Å². The first-order valence-corrected chi connectivity index (χ1v) is 4.15. The summed E-state index contributed by atoms with van der Waals surface area (Å²) in [7, 11) is -3.98. The monoisotopic (exact) mass is 142 g/mol. The molecule has 0 heterocycles. The Bertz CT molecular complexity index is 99.9. The third kappa shape index (κ3) is 2.82. The van der Waals surface area contributed by atoms with Crippen LogP contribution in [0.5, 0.6) is 0 Å². The summed E-state index contributed by atoms with van der Waals surface area (Å²) in [6, 6.07) is 0. The van der Waals surface area contributed by atoms with Crippen molar-refractivity contribution in [3.63, 3.8) is 0 Å². The lowest BCUT2D eigenvalue weighted by Gasteiger charge is -1.79. The summed E-state index contributed by atoms with van der Waals surface area (Å²) in [6.07, 6.45) is 0. The van der Waals surface area contributed by atoms with Crippen molar-refractivity contribution < 1.29 is 17.9 Å². The van der Waals surface area contributed by atoms with Gasteiger partial charge in [-0.05, 0) is 0 Å². The molecule has 0 fully saturated rings. The minimum Gasteiger partial charge on any atom is -0.581 e. The largest absolute Gasteiger partial charge is 0.581 e. The molecule has 0 rings (SSSR count). The van der Waals surface area contributed by atoms with E-state index in [0.29, 0.717) is 0 Å². The fourth-order valence-corrected chi connectivity index (χ4v) is 0.548. The third-order valence-corrected chi connectivity index (χ3v) is 1.97. The molecule has 0 N–H and O–H groups in total. The lowest BCUT2D eigenvalue weighted by molar-refractivity contribution is -0.158. The van der Waals surface area contributed by atoms with Crippen LogP contribution in [-0.2, 0) is 19.4 Å². The number of hydrogen-bond donors (Lipinski definition) is 0. The second kappa shape index (κ2) is 3.21. The van der Waals surface area contributed by atoms with E-state index in [-0.39, 0.29) is 0 Å². The van der Waals surface area contributed by atoms with E-state index in [1.165, 1.54) is 0 Å². The highest BCUT2D eigenvalue weighted by Crippen LogP contribution is 2.13. The highest BCUT2D eigenvalue weighted by molar-refractivity contribution is 8.37. The van der Waals surface area contributed by atoms with Gasteiger partial charge in [-0.15, -0.1) is 0 Å². The van der Waals surface area contributed by atoms with E-state index >= 15 is 0 Å². The van der Waals surface area contributed by atoms with Gasteiger partial charge in [-0.25, -0.2) is 0 Å². The summed E-state index contributed by atoms with van der Waals surface area (Å²) in [4.78, 5) is 9.54. The Labute approximate surface area is 43.8 Å². The molecule has 0 aromatic rings. The molecule has 0 spiro atoms. The predicted molar refractivity (Wildman–Crippen MR) is 22.8 cm³/mol. The molecule has 0 aliphatic rings. The van der Waals surface area contributed by atoms with Gasteiger partial charge in [0.2, 0.25) is 0 Å². The zero-order valence-electron chi connectivity index (χ0n) is 3.49. The van der Waals surface area contributed by atoms with Gasteiger partial charge in [0.05, 0.1) is 7.11 Å². The summed E-state index contributed by atoms with van der Waals surface area (Å²) in [5, 5.41) is 0. The van der Waals surface area contributed by atoms with Crippen LogP contribution >= 0.6 is 7.23 Å². The van der Waals surface area contributed by atoms with Crippen LogP contribution in [0.25, 0.3) is 0 Å². The van der Waals surface area contributed by atoms with Crippen molar-refractivity contribution >= 4 is 17.9 Å². The average molecular weight is 142 g/mol. The van der Waals surface area contributed by atoms with Gasteiger partial charge in [0.15, 0.2) is 0 Å². The lowest BCUT2D eigenvalue weighted by Crippen LogP contribution is -1.93. The summed E-state index contributed by atoms with van der Waals surface area (Å²) < 4.78 is 23.2. The first-order valence-electron chi connectivity index (χ1n) is 1.29. The Morgan fingerprint density at radius 3 is 2.29 bits per heavy atom. The molecular formula is CH3O4PS.